The Morgan fingerprint density at radius 3 is 2.52 bits per heavy atom. The third-order valence-electron chi connectivity index (χ3n) is 4.94. The fraction of sp³-hybridized carbons (Fsp3) is 0.529. The van der Waals surface area contributed by atoms with Crippen LogP contribution in [0.15, 0.2) is 24.3 Å². The minimum absolute atomic E-state index is 0.0798. The summed E-state index contributed by atoms with van der Waals surface area (Å²) in [5, 5.41) is 11.4. The zero-order chi connectivity index (χ0) is 19.8. The highest BCUT2D eigenvalue weighted by Gasteiger charge is 2.43. The van der Waals surface area contributed by atoms with Crippen LogP contribution < -0.4 is 0 Å². The maximum Gasteiger partial charge on any atom is 0.248 e. The van der Waals surface area contributed by atoms with Gasteiger partial charge in [-0.2, -0.15) is 0 Å². The first-order valence-electron chi connectivity index (χ1n) is 8.61. The van der Waals surface area contributed by atoms with Crippen molar-refractivity contribution in [2.75, 3.05) is 18.8 Å². The number of carbonyl (C=O) groups is 1. The van der Waals surface area contributed by atoms with Crippen LogP contribution in [0.3, 0.4) is 0 Å². The van der Waals surface area contributed by atoms with E-state index < -0.39 is 20.6 Å². The molecule has 2 aromatic rings. The van der Waals surface area contributed by atoms with Crippen molar-refractivity contribution in [2.24, 2.45) is 0 Å². The zero-order valence-corrected chi connectivity index (χ0v) is 16.3. The molecule has 1 fully saturated rings. The summed E-state index contributed by atoms with van der Waals surface area (Å²) in [6.07, 6.45) is 0.272. The summed E-state index contributed by atoms with van der Waals surface area (Å²) >= 11 is 0. The largest absolute Gasteiger partial charge is 0.338 e. The Kier molecular flexibility index (Phi) is 5.02. The summed E-state index contributed by atoms with van der Waals surface area (Å²) in [6.45, 7) is 5.18. The monoisotopic (exact) mass is 395 g/mol. The van der Waals surface area contributed by atoms with E-state index in [1.54, 1.807) is 37.8 Å². The highest BCUT2D eigenvalue weighted by Crippen LogP contribution is 2.27. The van der Waals surface area contributed by atoms with E-state index in [0.29, 0.717) is 5.82 Å². The molecule has 1 aromatic carbocycles. The smallest absolute Gasteiger partial charge is 0.248 e. The molecule has 0 saturated carbocycles. The summed E-state index contributed by atoms with van der Waals surface area (Å²) in [6, 6.07) is 5.15. The zero-order valence-electron chi connectivity index (χ0n) is 15.5. The molecule has 146 valence electrons. The van der Waals surface area contributed by atoms with Crippen LogP contribution in [-0.4, -0.2) is 63.0 Å². The van der Waals surface area contributed by atoms with Gasteiger partial charge in [-0.3, -0.25) is 4.79 Å². The molecule has 8 nitrogen and oxygen atoms in total. The fourth-order valence-electron chi connectivity index (χ4n) is 3.19. The first-order valence-corrected chi connectivity index (χ1v) is 10.3. The van der Waals surface area contributed by atoms with Crippen LogP contribution in [-0.2, 0) is 21.1 Å². The van der Waals surface area contributed by atoms with Gasteiger partial charge < -0.3 is 4.90 Å². The molecule has 2 heterocycles. The maximum atomic E-state index is 13.3. The van der Waals surface area contributed by atoms with Crippen LogP contribution >= 0.6 is 0 Å². The van der Waals surface area contributed by atoms with Gasteiger partial charge in [0.1, 0.15) is 17.7 Å². The van der Waals surface area contributed by atoms with E-state index in [1.165, 1.54) is 16.8 Å². The van der Waals surface area contributed by atoms with E-state index >= 15 is 0 Å². The van der Waals surface area contributed by atoms with E-state index in [9.17, 15) is 17.6 Å². The summed E-state index contributed by atoms with van der Waals surface area (Å²) in [4.78, 5) is 14.8. The van der Waals surface area contributed by atoms with Gasteiger partial charge in [0, 0.05) is 19.5 Å². The molecule has 1 saturated heterocycles. The first kappa shape index (κ1) is 19.4. The van der Waals surface area contributed by atoms with E-state index in [0.717, 1.165) is 5.56 Å². The summed E-state index contributed by atoms with van der Waals surface area (Å²) in [5.41, 5.74) is 0.758. The van der Waals surface area contributed by atoms with Gasteiger partial charge in [0.2, 0.25) is 5.91 Å². The van der Waals surface area contributed by atoms with Crippen molar-refractivity contribution in [3.8, 4) is 0 Å². The Bertz CT molecular complexity index is 940. The van der Waals surface area contributed by atoms with Crippen molar-refractivity contribution in [1.29, 1.82) is 0 Å². The molecule has 0 spiro atoms. The predicted molar refractivity (Wildman–Crippen MR) is 96.1 cm³/mol. The van der Waals surface area contributed by atoms with Crippen molar-refractivity contribution in [2.45, 2.75) is 38.0 Å². The Morgan fingerprint density at radius 2 is 1.96 bits per heavy atom. The van der Waals surface area contributed by atoms with Crippen molar-refractivity contribution in [3.05, 3.63) is 41.5 Å². The van der Waals surface area contributed by atoms with Crippen LogP contribution in [0, 0.1) is 12.7 Å². The van der Waals surface area contributed by atoms with Crippen LogP contribution in [0.5, 0.6) is 0 Å². The van der Waals surface area contributed by atoms with Crippen molar-refractivity contribution < 1.29 is 17.6 Å². The Labute approximate surface area is 157 Å². The highest BCUT2D eigenvalue weighted by molar-refractivity contribution is 7.92. The van der Waals surface area contributed by atoms with Gasteiger partial charge in [-0.25, -0.2) is 17.5 Å². The number of sulfone groups is 1. The molecule has 0 N–H and O–H groups in total. The first-order chi connectivity index (χ1) is 12.6. The number of carbonyl (C=O) groups excluding carboxylic acids is 1. The standard InChI is InChI=1S/C17H22FN5O3S/c1-12-19-20-21-23(12)15(10-13-4-6-14(18)7-5-13)16(24)22-8-9-27(25,26)17(2,3)11-22/h4-7,15H,8-11H2,1-3H3/t15-/m1/s1. The third kappa shape index (κ3) is 3.85. The molecule has 1 aromatic heterocycles. The van der Waals surface area contributed by atoms with Gasteiger partial charge in [0.05, 0.1) is 10.5 Å². The molecule has 27 heavy (non-hydrogen) atoms. The molecule has 0 unspecified atom stereocenters. The number of tetrazole rings is 1. The minimum atomic E-state index is -3.26. The van der Waals surface area contributed by atoms with Gasteiger partial charge in [-0.05, 0) is 48.9 Å². The number of aryl methyl sites for hydroxylation is 1. The molecular formula is C17H22FN5O3S. The second kappa shape index (κ2) is 6.99. The quantitative estimate of drug-likeness (QED) is 0.764. The number of amides is 1. The lowest BCUT2D eigenvalue weighted by atomic mass is 10.0. The lowest BCUT2D eigenvalue weighted by molar-refractivity contribution is -0.135. The topological polar surface area (TPSA) is 98.1 Å². The number of hydrogen-bond acceptors (Lipinski definition) is 6. The van der Waals surface area contributed by atoms with Crippen molar-refractivity contribution in [1.82, 2.24) is 25.1 Å². The fourth-order valence-corrected chi connectivity index (χ4v) is 4.56. The number of benzene rings is 1. The number of aromatic nitrogens is 4. The second-order valence-electron chi connectivity index (χ2n) is 7.36. The predicted octanol–water partition coefficient (Wildman–Crippen LogP) is 0.940. The van der Waals surface area contributed by atoms with Crippen LogP contribution in [0.2, 0.25) is 0 Å². The lowest BCUT2D eigenvalue weighted by Gasteiger charge is -2.39. The second-order valence-corrected chi connectivity index (χ2v) is 10.1. The highest BCUT2D eigenvalue weighted by atomic mass is 32.2. The molecule has 1 amide bonds. The molecule has 1 aliphatic rings. The Morgan fingerprint density at radius 1 is 1.30 bits per heavy atom. The van der Waals surface area contributed by atoms with Crippen molar-refractivity contribution in [3.63, 3.8) is 0 Å². The van der Waals surface area contributed by atoms with Crippen LogP contribution in [0.25, 0.3) is 0 Å². The molecule has 0 bridgehead atoms. The van der Waals surface area contributed by atoms with E-state index in [1.807, 2.05) is 0 Å². The molecular weight excluding hydrogens is 373 g/mol. The average Bonchev–Trinajstić information content (AvgIpc) is 3.02. The Hall–Kier alpha value is -2.36. The third-order valence-corrected chi connectivity index (χ3v) is 7.47. The molecule has 0 aliphatic carbocycles. The average molecular weight is 395 g/mol. The minimum Gasteiger partial charge on any atom is -0.338 e. The SMILES string of the molecule is Cc1nnnn1[C@H](Cc1ccc(F)cc1)C(=O)N1CCS(=O)(=O)C(C)(C)C1. The molecule has 10 heteroatoms. The number of halogens is 1. The normalized spacial score (nSPS) is 19.6. The van der Waals surface area contributed by atoms with E-state index in [-0.39, 0.29) is 37.0 Å². The number of hydrogen-bond donors (Lipinski definition) is 0. The van der Waals surface area contributed by atoms with Gasteiger partial charge in [-0.15, -0.1) is 5.10 Å². The summed E-state index contributed by atoms with van der Waals surface area (Å²) < 4.78 is 38.1. The Balaban J connectivity index is 1.90. The molecule has 1 aliphatic heterocycles. The van der Waals surface area contributed by atoms with E-state index in [4.69, 9.17) is 0 Å². The number of rotatable bonds is 4. The summed E-state index contributed by atoms with van der Waals surface area (Å²) in [5.74, 6) is -0.218. The van der Waals surface area contributed by atoms with Gasteiger partial charge in [0.15, 0.2) is 9.84 Å². The summed E-state index contributed by atoms with van der Waals surface area (Å²) in [7, 11) is -3.26. The van der Waals surface area contributed by atoms with Crippen LogP contribution in [0.4, 0.5) is 4.39 Å². The van der Waals surface area contributed by atoms with Crippen molar-refractivity contribution >= 4 is 15.7 Å². The molecule has 3 rings (SSSR count). The van der Waals surface area contributed by atoms with Gasteiger partial charge in [-0.1, -0.05) is 12.1 Å². The molecule has 0 radical (unpaired) electrons. The van der Waals surface area contributed by atoms with Crippen LogP contribution in [0.1, 0.15) is 31.3 Å². The maximum absolute atomic E-state index is 13.3. The molecule has 1 atom stereocenters. The number of nitrogens with zero attached hydrogens (tertiary/aromatic N) is 5. The van der Waals surface area contributed by atoms with Gasteiger partial charge >= 0.3 is 0 Å². The lowest BCUT2D eigenvalue weighted by Crippen LogP contribution is -2.56. The van der Waals surface area contributed by atoms with E-state index in [2.05, 4.69) is 15.5 Å². The van der Waals surface area contributed by atoms with Gasteiger partial charge in [0.25, 0.3) is 0 Å².